The number of carboxylic acids is 2. The maximum absolute atomic E-state index is 12.8. The highest BCUT2D eigenvalue weighted by Crippen LogP contribution is 2.06. The molecule has 0 fully saturated rings. The summed E-state index contributed by atoms with van der Waals surface area (Å²) in [4.78, 5) is 70.8. The first-order valence-corrected chi connectivity index (χ1v) is 12.6. The molecule has 0 saturated carbocycles. The number of nitrogens with one attached hydrogen (secondary N) is 3. The smallest absolute Gasteiger partial charge is 0.326 e. The van der Waals surface area contributed by atoms with Gasteiger partial charge in [0.2, 0.25) is 23.6 Å². The Hall–Kier alpha value is -2.52. The Morgan fingerprint density at radius 2 is 1.18 bits per heavy atom. The number of carbonyl (C=O) groups is 6. The lowest BCUT2D eigenvalue weighted by Gasteiger charge is -2.25. The number of carbonyl (C=O) groups excluding carboxylic acids is 4. The van der Waals surface area contributed by atoms with E-state index in [0.717, 1.165) is 0 Å². The highest BCUT2D eigenvalue weighted by Gasteiger charge is 2.30. The number of rotatable bonds is 17. The van der Waals surface area contributed by atoms with Crippen LogP contribution in [-0.4, -0.2) is 94.0 Å². The monoisotopic (exact) mass is 509 g/mol. The molecule has 33 heavy (non-hydrogen) atoms. The van der Waals surface area contributed by atoms with Gasteiger partial charge in [-0.1, -0.05) is 0 Å². The summed E-state index contributed by atoms with van der Waals surface area (Å²) in [6.07, 6.45) is 2.62. The van der Waals surface area contributed by atoms with Crippen LogP contribution in [0.3, 0.4) is 0 Å². The van der Waals surface area contributed by atoms with E-state index in [-0.39, 0.29) is 12.8 Å². The molecule has 0 spiro atoms. The molecule has 0 aromatic heterocycles. The second kappa shape index (κ2) is 16.1. The first kappa shape index (κ1) is 30.5. The molecule has 13 nitrogen and oxygen atoms in total. The zero-order chi connectivity index (χ0) is 25.6. The number of thioether (sulfide) groups is 2. The van der Waals surface area contributed by atoms with Gasteiger partial charge in [-0.05, 0) is 36.9 Å². The highest BCUT2D eigenvalue weighted by molar-refractivity contribution is 7.98. The zero-order valence-corrected chi connectivity index (χ0v) is 20.0. The van der Waals surface area contributed by atoms with Gasteiger partial charge in [0.1, 0.15) is 18.1 Å². The van der Waals surface area contributed by atoms with Crippen LogP contribution >= 0.6 is 23.5 Å². The van der Waals surface area contributed by atoms with Crippen LogP contribution in [0.15, 0.2) is 0 Å². The molecule has 4 amide bonds. The fraction of sp³-hybridized carbons (Fsp3) is 0.667. The minimum Gasteiger partial charge on any atom is -0.481 e. The van der Waals surface area contributed by atoms with Gasteiger partial charge in [0.15, 0.2) is 0 Å². The van der Waals surface area contributed by atoms with Crippen molar-refractivity contribution in [2.24, 2.45) is 11.5 Å². The summed E-state index contributed by atoms with van der Waals surface area (Å²) in [6, 6.07) is -5.19. The predicted octanol–water partition coefficient (Wildman–Crippen LogP) is -2.29. The molecular weight excluding hydrogens is 478 g/mol. The van der Waals surface area contributed by atoms with E-state index in [1.54, 1.807) is 12.5 Å². The van der Waals surface area contributed by atoms with Gasteiger partial charge in [0.05, 0.1) is 18.9 Å². The van der Waals surface area contributed by atoms with Crippen molar-refractivity contribution in [2.45, 2.75) is 49.9 Å². The van der Waals surface area contributed by atoms with E-state index < -0.39 is 72.6 Å². The third-order valence-electron chi connectivity index (χ3n) is 4.24. The SMILES string of the molecule is CSCCC(NC(=O)C(N)CC(=O)O)C(=O)NC(CCSC)C(=O)NC(CC(N)=O)C(=O)O. The van der Waals surface area contributed by atoms with Crippen LogP contribution in [0, 0.1) is 0 Å². The van der Waals surface area contributed by atoms with Gasteiger partial charge in [0.25, 0.3) is 0 Å². The van der Waals surface area contributed by atoms with Gasteiger partial charge >= 0.3 is 11.9 Å². The topological polar surface area (TPSA) is 231 Å². The van der Waals surface area contributed by atoms with Crippen LogP contribution in [0.2, 0.25) is 0 Å². The maximum Gasteiger partial charge on any atom is 0.326 e. The standard InChI is InChI=1S/C18H31N5O8S2/c1-32-5-3-10(21-15(27)9(19)7-14(25)26)16(28)22-11(4-6-33-2)17(29)23-12(18(30)31)8-13(20)24/h9-12H,3-8,19H2,1-2H3,(H2,20,24)(H,21,27)(H,22,28)(H,23,29)(H,25,26)(H,30,31). The number of amides is 4. The van der Waals surface area contributed by atoms with Crippen LogP contribution in [0.4, 0.5) is 0 Å². The van der Waals surface area contributed by atoms with Gasteiger partial charge in [-0.25, -0.2) is 4.79 Å². The Balaban J connectivity index is 5.44. The van der Waals surface area contributed by atoms with Crippen molar-refractivity contribution >= 4 is 59.1 Å². The summed E-state index contributed by atoms with van der Waals surface area (Å²) in [5.74, 6) is -5.15. The molecule has 0 radical (unpaired) electrons. The summed E-state index contributed by atoms with van der Waals surface area (Å²) in [7, 11) is 0. The summed E-state index contributed by atoms with van der Waals surface area (Å²) in [6.45, 7) is 0. The van der Waals surface area contributed by atoms with Crippen LogP contribution in [-0.2, 0) is 28.8 Å². The third-order valence-corrected chi connectivity index (χ3v) is 5.53. The lowest BCUT2D eigenvalue weighted by atomic mass is 10.1. The average Bonchev–Trinajstić information content (AvgIpc) is 2.72. The average molecular weight is 510 g/mol. The zero-order valence-electron chi connectivity index (χ0n) is 18.4. The molecular formula is C18H31N5O8S2. The molecule has 0 saturated heterocycles. The highest BCUT2D eigenvalue weighted by atomic mass is 32.2. The fourth-order valence-electron chi connectivity index (χ4n) is 2.51. The number of carboxylic acid groups (broad SMARTS) is 2. The largest absolute Gasteiger partial charge is 0.481 e. The van der Waals surface area contributed by atoms with Crippen molar-refractivity contribution < 1.29 is 39.0 Å². The Morgan fingerprint density at radius 1 is 0.758 bits per heavy atom. The molecule has 188 valence electrons. The summed E-state index contributed by atoms with van der Waals surface area (Å²) < 4.78 is 0. The van der Waals surface area contributed by atoms with Crippen molar-refractivity contribution in [1.29, 1.82) is 0 Å². The van der Waals surface area contributed by atoms with E-state index in [2.05, 4.69) is 16.0 Å². The van der Waals surface area contributed by atoms with Crippen molar-refractivity contribution in [1.82, 2.24) is 16.0 Å². The number of aliphatic carboxylic acids is 2. The number of hydrogen-bond donors (Lipinski definition) is 7. The molecule has 0 heterocycles. The Labute approximate surface area is 199 Å². The van der Waals surface area contributed by atoms with E-state index in [1.807, 2.05) is 0 Å². The fourth-order valence-corrected chi connectivity index (χ4v) is 3.46. The van der Waals surface area contributed by atoms with Gasteiger partial charge in [0, 0.05) is 0 Å². The van der Waals surface area contributed by atoms with E-state index in [1.165, 1.54) is 23.5 Å². The molecule has 0 aromatic carbocycles. The molecule has 0 aliphatic heterocycles. The molecule has 4 atom stereocenters. The van der Waals surface area contributed by atoms with Crippen molar-refractivity contribution in [2.75, 3.05) is 24.0 Å². The van der Waals surface area contributed by atoms with E-state index >= 15 is 0 Å². The van der Waals surface area contributed by atoms with Crippen LogP contribution in [0.25, 0.3) is 0 Å². The third kappa shape index (κ3) is 12.9. The van der Waals surface area contributed by atoms with E-state index in [9.17, 15) is 33.9 Å². The number of hydrogen-bond acceptors (Lipinski definition) is 9. The normalized spacial score (nSPS) is 14.3. The van der Waals surface area contributed by atoms with E-state index in [0.29, 0.717) is 11.5 Å². The summed E-state index contributed by atoms with van der Waals surface area (Å²) in [5, 5.41) is 25.0. The quantitative estimate of drug-likeness (QED) is 0.110. The first-order valence-electron chi connectivity index (χ1n) is 9.80. The Bertz CT molecular complexity index is 724. The molecule has 9 N–H and O–H groups in total. The second-order valence-electron chi connectivity index (χ2n) is 6.96. The lowest BCUT2D eigenvalue weighted by Crippen LogP contribution is -2.57. The Kier molecular flexibility index (Phi) is 14.9. The number of primary amides is 1. The first-order chi connectivity index (χ1) is 15.4. The molecule has 15 heteroatoms. The molecule has 0 aliphatic rings. The maximum atomic E-state index is 12.8. The van der Waals surface area contributed by atoms with Gasteiger partial charge < -0.3 is 37.6 Å². The van der Waals surface area contributed by atoms with Crippen molar-refractivity contribution in [3.63, 3.8) is 0 Å². The molecule has 0 aromatic rings. The van der Waals surface area contributed by atoms with Gasteiger partial charge in [-0.2, -0.15) is 23.5 Å². The van der Waals surface area contributed by atoms with E-state index in [4.69, 9.17) is 16.6 Å². The van der Waals surface area contributed by atoms with Crippen LogP contribution in [0.1, 0.15) is 25.7 Å². The molecule has 0 aliphatic carbocycles. The van der Waals surface area contributed by atoms with Crippen molar-refractivity contribution in [3.05, 3.63) is 0 Å². The summed E-state index contributed by atoms with van der Waals surface area (Å²) in [5.41, 5.74) is 10.6. The molecule has 0 rings (SSSR count). The van der Waals surface area contributed by atoms with Gasteiger partial charge in [-0.15, -0.1) is 0 Å². The van der Waals surface area contributed by atoms with Crippen LogP contribution in [0.5, 0.6) is 0 Å². The predicted molar refractivity (Wildman–Crippen MR) is 123 cm³/mol. The summed E-state index contributed by atoms with van der Waals surface area (Å²) >= 11 is 2.79. The molecule has 4 unspecified atom stereocenters. The number of nitrogens with two attached hydrogens (primary N) is 2. The minimum absolute atomic E-state index is 0.142. The van der Waals surface area contributed by atoms with Crippen LogP contribution < -0.4 is 27.4 Å². The lowest BCUT2D eigenvalue weighted by molar-refractivity contribution is -0.143. The van der Waals surface area contributed by atoms with Gasteiger partial charge in [-0.3, -0.25) is 24.0 Å². The van der Waals surface area contributed by atoms with Crippen molar-refractivity contribution in [3.8, 4) is 0 Å². The minimum atomic E-state index is -1.57. The second-order valence-corrected chi connectivity index (χ2v) is 8.93. The Morgan fingerprint density at radius 3 is 1.55 bits per heavy atom. The molecule has 0 bridgehead atoms.